The Labute approximate surface area is 115 Å². The van der Waals surface area contributed by atoms with E-state index in [0.717, 1.165) is 11.3 Å². The second-order valence-corrected chi connectivity index (χ2v) is 5.80. The zero-order chi connectivity index (χ0) is 13.9. The van der Waals surface area contributed by atoms with Gasteiger partial charge in [-0.1, -0.05) is 17.7 Å². The van der Waals surface area contributed by atoms with Gasteiger partial charge in [0.15, 0.2) is 0 Å². The molecule has 1 unspecified atom stereocenters. The van der Waals surface area contributed by atoms with Crippen LogP contribution in [0.25, 0.3) is 0 Å². The maximum absolute atomic E-state index is 9.83. The zero-order valence-corrected chi connectivity index (χ0v) is 12.5. The summed E-state index contributed by atoms with van der Waals surface area (Å²) in [6, 6.07) is 6.30. The van der Waals surface area contributed by atoms with Gasteiger partial charge in [0.25, 0.3) is 0 Å². The number of likely N-dealkylation sites (N-methyl/N-ethyl adjacent to an activating group) is 1. The van der Waals surface area contributed by atoms with E-state index in [1.807, 2.05) is 31.1 Å². The van der Waals surface area contributed by atoms with Gasteiger partial charge < -0.3 is 15.3 Å². The summed E-state index contributed by atoms with van der Waals surface area (Å²) in [5.74, 6) is 0. The molecule has 0 aliphatic carbocycles. The van der Waals surface area contributed by atoms with Crippen LogP contribution in [0, 0.1) is 0 Å². The van der Waals surface area contributed by atoms with E-state index in [1.165, 1.54) is 0 Å². The standard InChI is InChI=1S/C14H23ClN2O/c1-10(16-4)11-6-7-13(12(15)8-11)17(5)9-14(2,3)18/h6-8,10,16,18H,9H2,1-5H3. The average molecular weight is 271 g/mol. The number of aliphatic hydroxyl groups is 1. The lowest BCUT2D eigenvalue weighted by Gasteiger charge is -2.28. The number of hydrogen-bond donors (Lipinski definition) is 2. The van der Waals surface area contributed by atoms with Crippen molar-refractivity contribution in [2.24, 2.45) is 0 Å². The van der Waals surface area contributed by atoms with Crippen LogP contribution >= 0.6 is 11.6 Å². The second-order valence-electron chi connectivity index (χ2n) is 5.39. The molecule has 0 spiro atoms. The molecule has 0 aliphatic rings. The minimum absolute atomic E-state index is 0.274. The largest absolute Gasteiger partial charge is 0.389 e. The Morgan fingerprint density at radius 3 is 2.50 bits per heavy atom. The molecular weight excluding hydrogens is 248 g/mol. The third kappa shape index (κ3) is 4.16. The lowest BCUT2D eigenvalue weighted by Crippen LogP contribution is -2.36. The van der Waals surface area contributed by atoms with Crippen molar-refractivity contribution < 1.29 is 5.11 Å². The van der Waals surface area contributed by atoms with Crippen molar-refractivity contribution >= 4 is 17.3 Å². The Morgan fingerprint density at radius 2 is 2.06 bits per heavy atom. The van der Waals surface area contributed by atoms with Crippen LogP contribution in [0.2, 0.25) is 5.02 Å². The smallest absolute Gasteiger partial charge is 0.0765 e. The number of halogens is 1. The minimum atomic E-state index is -0.741. The van der Waals surface area contributed by atoms with Crippen molar-refractivity contribution in [3.05, 3.63) is 28.8 Å². The van der Waals surface area contributed by atoms with Crippen molar-refractivity contribution in [3.8, 4) is 0 Å². The first-order valence-corrected chi connectivity index (χ1v) is 6.52. The fourth-order valence-corrected chi connectivity index (χ4v) is 2.27. The van der Waals surface area contributed by atoms with Crippen LogP contribution in [0.4, 0.5) is 5.69 Å². The van der Waals surface area contributed by atoms with Crippen LogP contribution in [0.3, 0.4) is 0 Å². The first-order valence-electron chi connectivity index (χ1n) is 6.15. The van der Waals surface area contributed by atoms with E-state index >= 15 is 0 Å². The molecular formula is C14H23ClN2O. The molecule has 102 valence electrons. The van der Waals surface area contributed by atoms with Crippen molar-refractivity contribution in [1.29, 1.82) is 0 Å². The Hall–Kier alpha value is -0.770. The number of benzene rings is 1. The van der Waals surface area contributed by atoms with Gasteiger partial charge in [0.1, 0.15) is 0 Å². The second kappa shape index (κ2) is 5.91. The van der Waals surface area contributed by atoms with E-state index < -0.39 is 5.60 Å². The van der Waals surface area contributed by atoms with E-state index in [4.69, 9.17) is 11.6 Å². The van der Waals surface area contributed by atoms with Gasteiger partial charge >= 0.3 is 0 Å². The fourth-order valence-electron chi connectivity index (χ4n) is 1.93. The molecule has 0 aromatic heterocycles. The molecule has 3 nitrogen and oxygen atoms in total. The van der Waals surface area contributed by atoms with Crippen LogP contribution in [0.15, 0.2) is 18.2 Å². The van der Waals surface area contributed by atoms with E-state index in [-0.39, 0.29) is 6.04 Å². The SMILES string of the molecule is CNC(C)c1ccc(N(C)CC(C)(C)O)c(Cl)c1. The molecule has 1 atom stereocenters. The Kier molecular flexibility index (Phi) is 5.02. The Morgan fingerprint density at radius 1 is 1.44 bits per heavy atom. The summed E-state index contributed by atoms with van der Waals surface area (Å²) >= 11 is 6.30. The summed E-state index contributed by atoms with van der Waals surface area (Å²) in [6.45, 7) is 6.20. The molecule has 18 heavy (non-hydrogen) atoms. The molecule has 0 saturated carbocycles. The van der Waals surface area contributed by atoms with Crippen molar-refractivity contribution in [1.82, 2.24) is 5.32 Å². The van der Waals surface area contributed by atoms with Gasteiger partial charge in [0.05, 0.1) is 16.3 Å². The number of nitrogens with one attached hydrogen (secondary N) is 1. The van der Waals surface area contributed by atoms with Gasteiger partial charge in [-0.05, 0) is 45.5 Å². The van der Waals surface area contributed by atoms with Gasteiger partial charge in [0.2, 0.25) is 0 Å². The molecule has 0 heterocycles. The molecule has 0 amide bonds. The third-order valence-electron chi connectivity index (χ3n) is 2.94. The van der Waals surface area contributed by atoms with Crippen LogP contribution in [-0.2, 0) is 0 Å². The average Bonchev–Trinajstić information content (AvgIpc) is 2.25. The Bertz CT molecular complexity index is 401. The van der Waals surface area contributed by atoms with Crippen molar-refractivity contribution in [3.63, 3.8) is 0 Å². The van der Waals surface area contributed by atoms with Crippen LogP contribution in [0.5, 0.6) is 0 Å². The molecule has 0 aliphatic heterocycles. The molecule has 0 saturated heterocycles. The first-order chi connectivity index (χ1) is 8.24. The molecule has 1 aromatic carbocycles. The quantitative estimate of drug-likeness (QED) is 0.864. The molecule has 1 rings (SSSR count). The van der Waals surface area contributed by atoms with Gasteiger partial charge in [-0.15, -0.1) is 0 Å². The van der Waals surface area contributed by atoms with E-state index in [9.17, 15) is 5.11 Å². The molecule has 4 heteroatoms. The normalized spacial score (nSPS) is 13.5. The Balaban J connectivity index is 2.92. The highest BCUT2D eigenvalue weighted by Crippen LogP contribution is 2.29. The monoisotopic (exact) mass is 270 g/mol. The van der Waals surface area contributed by atoms with Gasteiger partial charge in [-0.3, -0.25) is 0 Å². The number of anilines is 1. The number of rotatable bonds is 5. The van der Waals surface area contributed by atoms with E-state index in [0.29, 0.717) is 11.6 Å². The van der Waals surface area contributed by atoms with Crippen LogP contribution in [-0.4, -0.2) is 31.3 Å². The molecule has 2 N–H and O–H groups in total. The highest BCUT2D eigenvalue weighted by molar-refractivity contribution is 6.33. The third-order valence-corrected chi connectivity index (χ3v) is 3.24. The fraction of sp³-hybridized carbons (Fsp3) is 0.571. The maximum Gasteiger partial charge on any atom is 0.0765 e. The molecule has 0 fully saturated rings. The molecule has 0 bridgehead atoms. The summed E-state index contributed by atoms with van der Waals surface area (Å²) in [5, 5.41) is 13.7. The summed E-state index contributed by atoms with van der Waals surface area (Å²) < 4.78 is 0. The first kappa shape index (κ1) is 15.3. The number of hydrogen-bond acceptors (Lipinski definition) is 3. The van der Waals surface area contributed by atoms with E-state index in [2.05, 4.69) is 18.3 Å². The van der Waals surface area contributed by atoms with Crippen molar-refractivity contribution in [2.45, 2.75) is 32.4 Å². The highest BCUT2D eigenvalue weighted by atomic mass is 35.5. The lowest BCUT2D eigenvalue weighted by molar-refractivity contribution is 0.0886. The summed E-state index contributed by atoms with van der Waals surface area (Å²) in [5.41, 5.74) is 1.35. The van der Waals surface area contributed by atoms with Gasteiger partial charge in [-0.2, -0.15) is 0 Å². The lowest BCUT2D eigenvalue weighted by atomic mass is 10.1. The highest BCUT2D eigenvalue weighted by Gasteiger charge is 2.18. The molecule has 0 radical (unpaired) electrons. The summed E-state index contributed by atoms with van der Waals surface area (Å²) in [4.78, 5) is 1.97. The van der Waals surface area contributed by atoms with E-state index in [1.54, 1.807) is 13.8 Å². The van der Waals surface area contributed by atoms with Gasteiger partial charge in [0, 0.05) is 19.6 Å². The minimum Gasteiger partial charge on any atom is -0.389 e. The van der Waals surface area contributed by atoms with Gasteiger partial charge in [-0.25, -0.2) is 0 Å². The predicted octanol–water partition coefficient (Wildman–Crippen LogP) is 2.83. The summed E-state index contributed by atoms with van der Waals surface area (Å²) in [7, 11) is 3.85. The summed E-state index contributed by atoms with van der Waals surface area (Å²) in [6.07, 6.45) is 0. The zero-order valence-electron chi connectivity index (χ0n) is 11.8. The van der Waals surface area contributed by atoms with Crippen LogP contribution in [0.1, 0.15) is 32.4 Å². The molecule has 1 aromatic rings. The predicted molar refractivity (Wildman–Crippen MR) is 78.5 cm³/mol. The number of nitrogens with zero attached hydrogens (tertiary/aromatic N) is 1. The topological polar surface area (TPSA) is 35.5 Å². The van der Waals surface area contributed by atoms with Crippen LogP contribution < -0.4 is 10.2 Å². The van der Waals surface area contributed by atoms with Crippen molar-refractivity contribution in [2.75, 3.05) is 25.5 Å². The maximum atomic E-state index is 9.83.